The van der Waals surface area contributed by atoms with E-state index in [1.54, 1.807) is 61.3 Å². The van der Waals surface area contributed by atoms with Gasteiger partial charge in [0.1, 0.15) is 17.2 Å². The van der Waals surface area contributed by atoms with Crippen molar-refractivity contribution in [1.29, 1.82) is 0 Å². The fraction of sp³-hybridized carbons (Fsp3) is 0.280. The maximum atomic E-state index is 12.5. The molecule has 37 heavy (non-hydrogen) atoms. The maximum absolute atomic E-state index is 12.5. The zero-order valence-corrected chi connectivity index (χ0v) is 21.4. The lowest BCUT2D eigenvalue weighted by Crippen LogP contribution is -2.36. The van der Waals surface area contributed by atoms with Crippen molar-refractivity contribution in [1.82, 2.24) is 34.5 Å². The molecule has 2 N–H and O–H groups in total. The van der Waals surface area contributed by atoms with Crippen molar-refractivity contribution in [3.05, 3.63) is 59.7 Å². The molecule has 1 aliphatic rings. The number of nitrogens with zero attached hydrogens (tertiary/aromatic N) is 7. The van der Waals surface area contributed by atoms with E-state index in [9.17, 15) is 14.7 Å². The van der Waals surface area contributed by atoms with Crippen LogP contribution in [0.25, 0.3) is 22.0 Å². The van der Waals surface area contributed by atoms with Gasteiger partial charge in [-0.2, -0.15) is 5.10 Å². The molecule has 5 rings (SSSR count). The minimum absolute atomic E-state index is 0.0610. The minimum atomic E-state index is -1.51. The van der Waals surface area contributed by atoms with Gasteiger partial charge in [0.05, 0.1) is 5.69 Å². The molecule has 4 aromatic rings. The average Bonchev–Trinajstić information content (AvgIpc) is 3.62. The minimum Gasteiger partial charge on any atom is -0.375 e. The summed E-state index contributed by atoms with van der Waals surface area (Å²) in [5.74, 6) is 0.516. The van der Waals surface area contributed by atoms with E-state index in [4.69, 9.17) is 4.98 Å². The van der Waals surface area contributed by atoms with Crippen LogP contribution in [0.4, 0.5) is 11.8 Å². The Morgan fingerprint density at radius 3 is 2.81 bits per heavy atom. The molecule has 11 nitrogen and oxygen atoms in total. The van der Waals surface area contributed by atoms with E-state index in [0.717, 1.165) is 10.6 Å². The van der Waals surface area contributed by atoms with Crippen molar-refractivity contribution >= 4 is 34.9 Å². The fourth-order valence-electron chi connectivity index (χ4n) is 4.03. The number of likely N-dealkylation sites (tertiary alicyclic amines) is 1. The van der Waals surface area contributed by atoms with E-state index in [-0.39, 0.29) is 18.4 Å². The number of nitrogens with one attached hydrogen (secondary N) is 1. The van der Waals surface area contributed by atoms with Crippen LogP contribution in [0.3, 0.4) is 0 Å². The molecular weight excluding hydrogens is 492 g/mol. The van der Waals surface area contributed by atoms with Crippen molar-refractivity contribution in [3.63, 3.8) is 0 Å². The highest BCUT2D eigenvalue weighted by Gasteiger charge is 2.45. The third-order valence-corrected chi connectivity index (χ3v) is 7.09. The van der Waals surface area contributed by atoms with Gasteiger partial charge in [0.2, 0.25) is 11.9 Å². The summed E-state index contributed by atoms with van der Waals surface area (Å²) in [4.78, 5) is 41.0. The molecule has 4 heterocycles. The molecule has 1 aliphatic heterocycles. The number of hydrogen-bond donors (Lipinski definition) is 2. The molecule has 0 aliphatic carbocycles. The zero-order valence-electron chi connectivity index (χ0n) is 20.6. The number of aromatic nitrogens is 5. The van der Waals surface area contributed by atoms with Crippen LogP contribution < -0.4 is 5.32 Å². The quantitative estimate of drug-likeness (QED) is 0.381. The Bertz CT molecular complexity index is 1470. The predicted octanol–water partition coefficient (Wildman–Crippen LogP) is 2.35. The number of carbonyl (C=O) groups is 2. The predicted molar refractivity (Wildman–Crippen MR) is 139 cm³/mol. The molecule has 1 aromatic carbocycles. The number of rotatable bonds is 7. The molecule has 12 heteroatoms. The molecule has 190 valence electrons. The number of benzene rings is 1. The summed E-state index contributed by atoms with van der Waals surface area (Å²) in [6.45, 7) is 0.653. The summed E-state index contributed by atoms with van der Waals surface area (Å²) in [5, 5.41) is 21.1. The van der Waals surface area contributed by atoms with E-state index in [0.29, 0.717) is 41.7 Å². The Kier molecular flexibility index (Phi) is 6.44. The van der Waals surface area contributed by atoms with Crippen molar-refractivity contribution in [2.45, 2.75) is 18.6 Å². The van der Waals surface area contributed by atoms with Crippen molar-refractivity contribution in [2.75, 3.05) is 33.0 Å². The van der Waals surface area contributed by atoms with E-state index >= 15 is 0 Å². The lowest BCUT2D eigenvalue weighted by Gasteiger charge is -2.21. The second-order valence-corrected chi connectivity index (χ2v) is 9.89. The Hall–Kier alpha value is -4.16. The van der Waals surface area contributed by atoms with Gasteiger partial charge in [0.25, 0.3) is 5.91 Å². The van der Waals surface area contributed by atoms with Gasteiger partial charge in [0.15, 0.2) is 11.4 Å². The highest BCUT2D eigenvalue weighted by Crippen LogP contribution is 2.36. The maximum Gasteiger partial charge on any atom is 0.258 e. The first-order chi connectivity index (χ1) is 17.7. The largest absolute Gasteiger partial charge is 0.375 e. The van der Waals surface area contributed by atoms with Gasteiger partial charge in [-0.1, -0.05) is 18.2 Å². The number of carbonyl (C=O) groups excluding carboxylic acids is 2. The standard InChI is InChI=1S/C25H26N8O3S/c1-31(2)21(34)14-33-11-8-20(30-33)29-24-26-10-7-18(28-24)19-15-37-22(27-19)16-5-4-6-17(13-16)25(36)9-12-32(3)23(25)35/h4-8,10-11,13,15,36H,9,12,14H2,1-3H3,(H,26,28,29,30). The number of likely N-dealkylation sites (N-methyl/N-ethyl adjacent to an activating group) is 2. The third kappa shape index (κ3) is 4.93. The second kappa shape index (κ2) is 9.71. The van der Waals surface area contributed by atoms with Crippen LogP contribution in [0.15, 0.2) is 54.2 Å². The number of hydrogen-bond acceptors (Lipinski definition) is 9. The highest BCUT2D eigenvalue weighted by atomic mass is 32.1. The van der Waals surface area contributed by atoms with Crippen LogP contribution >= 0.6 is 11.3 Å². The summed E-state index contributed by atoms with van der Waals surface area (Å²) < 4.78 is 1.54. The van der Waals surface area contributed by atoms with Gasteiger partial charge < -0.3 is 20.2 Å². The van der Waals surface area contributed by atoms with Crippen LogP contribution in [0.2, 0.25) is 0 Å². The smallest absolute Gasteiger partial charge is 0.258 e. The van der Waals surface area contributed by atoms with E-state index in [1.165, 1.54) is 16.2 Å². The first kappa shape index (κ1) is 24.5. The lowest BCUT2D eigenvalue weighted by atomic mass is 9.91. The first-order valence-electron chi connectivity index (χ1n) is 11.6. The lowest BCUT2D eigenvalue weighted by molar-refractivity contribution is -0.143. The zero-order chi connectivity index (χ0) is 26.2. The number of aliphatic hydroxyl groups is 1. The van der Waals surface area contributed by atoms with E-state index < -0.39 is 5.60 Å². The molecule has 1 saturated heterocycles. The molecule has 0 radical (unpaired) electrons. The highest BCUT2D eigenvalue weighted by molar-refractivity contribution is 7.13. The fourth-order valence-corrected chi connectivity index (χ4v) is 4.84. The average molecular weight is 519 g/mol. The van der Waals surface area contributed by atoms with Gasteiger partial charge in [-0.3, -0.25) is 14.3 Å². The molecule has 3 aromatic heterocycles. The van der Waals surface area contributed by atoms with Crippen molar-refractivity contribution < 1.29 is 14.7 Å². The summed E-state index contributed by atoms with van der Waals surface area (Å²) in [6, 6.07) is 10.8. The molecule has 2 amide bonds. The second-order valence-electron chi connectivity index (χ2n) is 9.03. The molecule has 1 unspecified atom stereocenters. The summed E-state index contributed by atoms with van der Waals surface area (Å²) >= 11 is 1.45. The van der Waals surface area contributed by atoms with E-state index in [2.05, 4.69) is 20.4 Å². The monoisotopic (exact) mass is 518 g/mol. The van der Waals surface area contributed by atoms with E-state index in [1.807, 2.05) is 23.6 Å². The SMILES string of the molecule is CN(C)C(=O)Cn1ccc(Nc2nccc(-c3csc(-c4cccc(C5(O)CCN(C)C5=O)c4)n3)n2)n1. The van der Waals surface area contributed by atoms with Crippen LogP contribution in [0.5, 0.6) is 0 Å². The summed E-state index contributed by atoms with van der Waals surface area (Å²) in [5.41, 5.74) is 1.18. The van der Waals surface area contributed by atoms with Gasteiger partial charge in [0, 0.05) is 63.5 Å². The molecule has 1 atom stereocenters. The third-order valence-electron chi connectivity index (χ3n) is 6.20. The van der Waals surface area contributed by atoms with Crippen molar-refractivity contribution in [3.8, 4) is 22.0 Å². The topological polar surface area (TPSA) is 129 Å². The van der Waals surface area contributed by atoms with Gasteiger partial charge >= 0.3 is 0 Å². The Morgan fingerprint density at radius 2 is 2.05 bits per heavy atom. The van der Waals surface area contributed by atoms with Gasteiger partial charge in [-0.05, 0) is 17.7 Å². The van der Waals surface area contributed by atoms with Gasteiger partial charge in [-0.25, -0.2) is 15.0 Å². The molecular formula is C25H26N8O3S. The normalized spacial score (nSPS) is 17.3. The van der Waals surface area contributed by atoms with Crippen LogP contribution in [-0.2, 0) is 21.7 Å². The summed E-state index contributed by atoms with van der Waals surface area (Å²) in [7, 11) is 5.09. The summed E-state index contributed by atoms with van der Waals surface area (Å²) in [6.07, 6.45) is 3.70. The number of thiazole rings is 1. The number of amides is 2. The molecule has 0 saturated carbocycles. The van der Waals surface area contributed by atoms with Crippen LogP contribution in [0, 0.1) is 0 Å². The van der Waals surface area contributed by atoms with Crippen LogP contribution in [-0.4, -0.2) is 79.1 Å². The first-order valence-corrected chi connectivity index (χ1v) is 12.5. The Labute approximate surface area is 217 Å². The Balaban J connectivity index is 1.33. The molecule has 0 bridgehead atoms. The molecule has 0 spiro atoms. The van der Waals surface area contributed by atoms with Crippen LogP contribution in [0.1, 0.15) is 12.0 Å². The Morgan fingerprint density at radius 1 is 1.22 bits per heavy atom. The number of anilines is 2. The molecule has 1 fully saturated rings. The van der Waals surface area contributed by atoms with Gasteiger partial charge in [-0.15, -0.1) is 11.3 Å². The van der Waals surface area contributed by atoms with Crippen molar-refractivity contribution in [2.24, 2.45) is 0 Å².